The summed E-state index contributed by atoms with van der Waals surface area (Å²) in [5, 5.41) is 3.28. The van der Waals surface area contributed by atoms with E-state index in [1.165, 1.54) is 13.5 Å². The molecule has 2 heterocycles. The van der Waals surface area contributed by atoms with Crippen molar-refractivity contribution < 1.29 is 14.3 Å². The van der Waals surface area contributed by atoms with Crippen molar-refractivity contribution in [2.24, 2.45) is 22.7 Å². The van der Waals surface area contributed by atoms with E-state index in [1.54, 1.807) is 0 Å². The standard InChI is InChI=1S/C19H34N4O3.HI/c1-5-20-19(23-12-15(3)16(13-23)18(25)26-4)21-9-8-17(24)22-10-6-7-14(2)11-22;/h14-16H,5-13H2,1-4H3,(H,20,21);1H. The number of rotatable bonds is 5. The molecule has 0 bridgehead atoms. The Hall–Kier alpha value is -1.06. The molecule has 2 rings (SSSR count). The molecule has 156 valence electrons. The maximum absolute atomic E-state index is 12.4. The van der Waals surface area contributed by atoms with E-state index in [1.807, 2.05) is 11.8 Å². The number of nitrogens with zero attached hydrogens (tertiary/aromatic N) is 3. The van der Waals surface area contributed by atoms with Crippen molar-refractivity contribution >= 4 is 41.8 Å². The van der Waals surface area contributed by atoms with E-state index in [2.05, 4.69) is 29.1 Å². The lowest BCUT2D eigenvalue weighted by molar-refractivity contribution is -0.146. The van der Waals surface area contributed by atoms with Crippen LogP contribution in [0.1, 0.15) is 40.0 Å². The van der Waals surface area contributed by atoms with Gasteiger partial charge in [-0.25, -0.2) is 0 Å². The zero-order valence-electron chi connectivity index (χ0n) is 17.1. The number of nitrogens with one attached hydrogen (secondary N) is 1. The molecule has 27 heavy (non-hydrogen) atoms. The second-order valence-corrected chi connectivity index (χ2v) is 7.58. The third-order valence-corrected chi connectivity index (χ3v) is 5.35. The summed E-state index contributed by atoms with van der Waals surface area (Å²) in [6.07, 6.45) is 2.74. The molecule has 0 aromatic carbocycles. The minimum Gasteiger partial charge on any atom is -0.469 e. The molecule has 0 aromatic heterocycles. The highest BCUT2D eigenvalue weighted by atomic mass is 127. The van der Waals surface area contributed by atoms with Crippen LogP contribution in [0.5, 0.6) is 0 Å². The summed E-state index contributed by atoms with van der Waals surface area (Å²) in [6, 6.07) is 0. The summed E-state index contributed by atoms with van der Waals surface area (Å²) in [6.45, 7) is 10.6. The predicted molar refractivity (Wildman–Crippen MR) is 117 cm³/mol. The van der Waals surface area contributed by atoms with Gasteiger partial charge in [0.25, 0.3) is 0 Å². The van der Waals surface area contributed by atoms with E-state index in [-0.39, 0.29) is 47.7 Å². The average molecular weight is 494 g/mol. The summed E-state index contributed by atoms with van der Waals surface area (Å²) >= 11 is 0. The maximum Gasteiger partial charge on any atom is 0.310 e. The van der Waals surface area contributed by atoms with Crippen LogP contribution < -0.4 is 5.32 Å². The Kier molecular flexibility index (Phi) is 10.4. The molecule has 0 spiro atoms. The molecule has 0 radical (unpaired) electrons. The molecule has 8 heteroatoms. The first-order valence-electron chi connectivity index (χ1n) is 9.85. The van der Waals surface area contributed by atoms with Crippen molar-refractivity contribution in [3.05, 3.63) is 0 Å². The molecule has 1 N–H and O–H groups in total. The van der Waals surface area contributed by atoms with Crippen molar-refractivity contribution in [3.63, 3.8) is 0 Å². The van der Waals surface area contributed by atoms with Crippen molar-refractivity contribution in [1.82, 2.24) is 15.1 Å². The van der Waals surface area contributed by atoms with Crippen molar-refractivity contribution in [1.29, 1.82) is 0 Å². The highest BCUT2D eigenvalue weighted by Gasteiger charge is 2.36. The summed E-state index contributed by atoms with van der Waals surface area (Å²) in [5.41, 5.74) is 0. The van der Waals surface area contributed by atoms with Gasteiger partial charge in [0, 0.05) is 39.1 Å². The molecule has 1 amide bonds. The third-order valence-electron chi connectivity index (χ3n) is 5.35. The largest absolute Gasteiger partial charge is 0.469 e. The number of hydrogen-bond acceptors (Lipinski definition) is 4. The van der Waals surface area contributed by atoms with Crippen molar-refractivity contribution in [3.8, 4) is 0 Å². The highest BCUT2D eigenvalue weighted by Crippen LogP contribution is 2.24. The maximum atomic E-state index is 12.4. The second-order valence-electron chi connectivity index (χ2n) is 7.58. The number of carbonyl (C=O) groups excluding carboxylic acids is 2. The number of piperidine rings is 1. The van der Waals surface area contributed by atoms with E-state index in [9.17, 15) is 9.59 Å². The Morgan fingerprint density at radius 1 is 1.19 bits per heavy atom. The lowest BCUT2D eigenvalue weighted by Gasteiger charge is -2.31. The van der Waals surface area contributed by atoms with Gasteiger partial charge in [0.15, 0.2) is 5.96 Å². The van der Waals surface area contributed by atoms with Gasteiger partial charge in [-0.2, -0.15) is 0 Å². The number of carbonyl (C=O) groups is 2. The lowest BCUT2D eigenvalue weighted by atomic mass is 9.99. The number of amides is 1. The molecule has 2 saturated heterocycles. The molecule has 3 atom stereocenters. The van der Waals surface area contributed by atoms with Crippen LogP contribution in [0.15, 0.2) is 4.99 Å². The highest BCUT2D eigenvalue weighted by molar-refractivity contribution is 14.0. The van der Waals surface area contributed by atoms with Gasteiger partial charge in [-0.1, -0.05) is 13.8 Å². The number of guanidine groups is 1. The average Bonchev–Trinajstić information content (AvgIpc) is 3.01. The number of methoxy groups -OCH3 is 1. The molecule has 3 unspecified atom stereocenters. The SMILES string of the molecule is CCNC(=NCCC(=O)N1CCCC(C)C1)N1CC(C)C(C(=O)OC)C1.I. The monoisotopic (exact) mass is 494 g/mol. The number of ether oxygens (including phenoxy) is 1. The first-order chi connectivity index (χ1) is 12.5. The van der Waals surface area contributed by atoms with Gasteiger partial charge in [-0.05, 0) is 31.6 Å². The number of halogens is 1. The first-order valence-corrected chi connectivity index (χ1v) is 9.85. The Morgan fingerprint density at radius 2 is 1.93 bits per heavy atom. The number of esters is 1. The molecule has 0 aromatic rings. The fourth-order valence-electron chi connectivity index (χ4n) is 3.86. The topological polar surface area (TPSA) is 74.2 Å². The molecule has 2 aliphatic rings. The Labute approximate surface area is 180 Å². The van der Waals surface area contributed by atoms with Gasteiger partial charge in [-0.3, -0.25) is 14.6 Å². The van der Waals surface area contributed by atoms with E-state index in [0.29, 0.717) is 25.4 Å². The van der Waals surface area contributed by atoms with E-state index in [0.717, 1.165) is 38.6 Å². The fourth-order valence-corrected chi connectivity index (χ4v) is 3.86. The quantitative estimate of drug-likeness (QED) is 0.274. The van der Waals surface area contributed by atoms with Crippen LogP contribution in [0.3, 0.4) is 0 Å². The zero-order valence-corrected chi connectivity index (χ0v) is 19.4. The van der Waals surface area contributed by atoms with Gasteiger partial charge >= 0.3 is 5.97 Å². The molecule has 0 saturated carbocycles. The van der Waals surface area contributed by atoms with Crippen LogP contribution in [0.25, 0.3) is 0 Å². The predicted octanol–water partition coefficient (Wildman–Crippen LogP) is 1.96. The van der Waals surface area contributed by atoms with Gasteiger partial charge in [0.1, 0.15) is 0 Å². The van der Waals surface area contributed by atoms with Crippen molar-refractivity contribution in [2.45, 2.75) is 40.0 Å². The van der Waals surface area contributed by atoms with Gasteiger partial charge < -0.3 is 19.9 Å². The van der Waals surface area contributed by atoms with Crippen LogP contribution in [-0.2, 0) is 14.3 Å². The van der Waals surface area contributed by atoms with E-state index < -0.39 is 0 Å². The summed E-state index contributed by atoms with van der Waals surface area (Å²) < 4.78 is 4.90. The molecule has 2 aliphatic heterocycles. The zero-order chi connectivity index (χ0) is 19.1. The Balaban J connectivity index is 0.00000364. The molecule has 0 aliphatic carbocycles. The molecular formula is C19H35IN4O3. The smallest absolute Gasteiger partial charge is 0.310 e. The Morgan fingerprint density at radius 3 is 2.56 bits per heavy atom. The Bertz CT molecular complexity index is 529. The number of likely N-dealkylation sites (tertiary alicyclic amines) is 2. The van der Waals surface area contributed by atoms with Gasteiger partial charge in [0.2, 0.25) is 5.91 Å². The fraction of sp³-hybridized carbons (Fsp3) is 0.842. The summed E-state index contributed by atoms with van der Waals surface area (Å²) in [7, 11) is 1.43. The normalized spacial score (nSPS) is 25.8. The summed E-state index contributed by atoms with van der Waals surface area (Å²) in [4.78, 5) is 33.0. The van der Waals surface area contributed by atoms with Crippen LogP contribution in [-0.4, -0.2) is 74.0 Å². The number of hydrogen-bond donors (Lipinski definition) is 1. The van der Waals surface area contributed by atoms with Gasteiger partial charge in [0.05, 0.1) is 19.6 Å². The third kappa shape index (κ3) is 6.80. The molecule has 7 nitrogen and oxygen atoms in total. The minimum atomic E-state index is -0.162. The van der Waals surface area contributed by atoms with Crippen LogP contribution in [0.2, 0.25) is 0 Å². The molecule has 2 fully saturated rings. The van der Waals surface area contributed by atoms with Crippen molar-refractivity contribution in [2.75, 3.05) is 46.4 Å². The first kappa shape index (κ1) is 24.0. The second kappa shape index (κ2) is 11.7. The van der Waals surface area contributed by atoms with Crippen LogP contribution >= 0.6 is 24.0 Å². The minimum absolute atomic E-state index is 0. The summed E-state index contributed by atoms with van der Waals surface area (Å²) in [5.74, 6) is 1.51. The number of aliphatic imine (C=N–C) groups is 1. The van der Waals surface area contributed by atoms with Crippen LogP contribution in [0.4, 0.5) is 0 Å². The van der Waals surface area contributed by atoms with Crippen LogP contribution in [0, 0.1) is 17.8 Å². The lowest BCUT2D eigenvalue weighted by Crippen LogP contribution is -2.41. The van der Waals surface area contributed by atoms with E-state index >= 15 is 0 Å². The van der Waals surface area contributed by atoms with Gasteiger partial charge in [-0.15, -0.1) is 24.0 Å². The molecular weight excluding hydrogens is 459 g/mol. The van der Waals surface area contributed by atoms with E-state index in [4.69, 9.17) is 4.74 Å².